The molecule has 3 rings (SSSR count). The second kappa shape index (κ2) is 7.34. The maximum absolute atomic E-state index is 12.8. The summed E-state index contributed by atoms with van der Waals surface area (Å²) in [5, 5.41) is 3.20. The summed E-state index contributed by atoms with van der Waals surface area (Å²) in [6.45, 7) is 5.73. The van der Waals surface area contributed by atoms with E-state index in [1.165, 1.54) is 11.3 Å². The molecule has 1 amide bonds. The number of nitrogens with zero attached hydrogens (tertiary/aromatic N) is 3. The average molecular weight is 343 g/mol. The summed E-state index contributed by atoms with van der Waals surface area (Å²) in [7, 11) is 2.11. The molecule has 0 saturated carbocycles. The molecule has 1 aliphatic heterocycles. The lowest BCUT2D eigenvalue weighted by Gasteiger charge is -2.28. The van der Waals surface area contributed by atoms with Crippen LogP contribution in [-0.2, 0) is 17.8 Å². The predicted octanol–water partition coefficient (Wildman–Crippen LogP) is 3.64. The number of carbonyl (C=O) groups is 1. The number of rotatable bonds is 4. The van der Waals surface area contributed by atoms with Gasteiger partial charge in [-0.1, -0.05) is 18.2 Å². The minimum Gasteiger partial charge on any atom is -0.372 e. The van der Waals surface area contributed by atoms with Crippen LogP contribution in [0, 0.1) is 6.92 Å². The monoisotopic (exact) mass is 343 g/mol. The standard InChI is InChI=1S/C19H25N3OS/c1-14-13-24-18(20-14)9-6-10-19(23)22-12-16-7-4-5-8-17(16)21(3)11-15(22)2/h4-5,7-8,13,15H,6,9-12H2,1-3H3. The number of fused-ring (bicyclic) bond motifs is 1. The van der Waals surface area contributed by atoms with Gasteiger partial charge in [-0.15, -0.1) is 11.3 Å². The number of para-hydroxylation sites is 1. The van der Waals surface area contributed by atoms with E-state index in [-0.39, 0.29) is 11.9 Å². The SMILES string of the molecule is Cc1csc(CCCC(=O)N2Cc3ccccc3N(C)CC2C)n1. The number of carbonyl (C=O) groups excluding carboxylic acids is 1. The van der Waals surface area contributed by atoms with Gasteiger partial charge in [0.05, 0.1) is 5.01 Å². The summed E-state index contributed by atoms with van der Waals surface area (Å²) in [5.41, 5.74) is 3.54. The number of benzene rings is 1. The van der Waals surface area contributed by atoms with Gasteiger partial charge in [-0.2, -0.15) is 0 Å². The first-order chi connectivity index (χ1) is 11.5. The molecule has 1 atom stereocenters. The zero-order valence-corrected chi connectivity index (χ0v) is 15.5. The van der Waals surface area contributed by atoms with Crippen molar-refractivity contribution in [2.45, 2.75) is 45.7 Å². The zero-order valence-electron chi connectivity index (χ0n) is 14.7. The van der Waals surface area contributed by atoms with Gasteiger partial charge in [0.15, 0.2) is 0 Å². The lowest BCUT2D eigenvalue weighted by Crippen LogP contribution is -2.41. The van der Waals surface area contributed by atoms with Crippen LogP contribution in [0.5, 0.6) is 0 Å². The Balaban J connectivity index is 1.63. The zero-order chi connectivity index (χ0) is 17.1. The number of hydrogen-bond donors (Lipinski definition) is 0. The maximum Gasteiger partial charge on any atom is 0.223 e. The van der Waals surface area contributed by atoms with Crippen LogP contribution in [0.15, 0.2) is 29.6 Å². The highest BCUT2D eigenvalue weighted by Gasteiger charge is 2.26. The molecule has 0 spiro atoms. The fourth-order valence-electron chi connectivity index (χ4n) is 3.34. The van der Waals surface area contributed by atoms with Crippen molar-refractivity contribution in [3.8, 4) is 0 Å². The minimum absolute atomic E-state index is 0.219. The van der Waals surface area contributed by atoms with E-state index in [9.17, 15) is 4.79 Å². The molecule has 0 fully saturated rings. The van der Waals surface area contributed by atoms with Gasteiger partial charge in [0.1, 0.15) is 0 Å². The highest BCUT2D eigenvalue weighted by Crippen LogP contribution is 2.26. The molecule has 1 unspecified atom stereocenters. The number of hydrogen-bond acceptors (Lipinski definition) is 4. The average Bonchev–Trinajstić information content (AvgIpc) is 2.92. The Morgan fingerprint density at radius 3 is 2.92 bits per heavy atom. The van der Waals surface area contributed by atoms with Gasteiger partial charge in [-0.3, -0.25) is 4.79 Å². The van der Waals surface area contributed by atoms with Gasteiger partial charge in [0, 0.05) is 49.4 Å². The molecule has 2 aromatic rings. The first-order valence-electron chi connectivity index (χ1n) is 8.54. The van der Waals surface area contributed by atoms with Crippen molar-refractivity contribution in [1.82, 2.24) is 9.88 Å². The largest absolute Gasteiger partial charge is 0.372 e. The number of aromatic nitrogens is 1. The fourth-order valence-corrected chi connectivity index (χ4v) is 4.15. The van der Waals surface area contributed by atoms with E-state index in [2.05, 4.69) is 53.5 Å². The first kappa shape index (κ1) is 17.0. The summed E-state index contributed by atoms with van der Waals surface area (Å²) in [5.74, 6) is 0.251. The Morgan fingerprint density at radius 2 is 2.17 bits per heavy atom. The predicted molar refractivity (Wildman–Crippen MR) is 99.5 cm³/mol. The quantitative estimate of drug-likeness (QED) is 0.850. The Hall–Kier alpha value is -1.88. The molecule has 1 aliphatic rings. The van der Waals surface area contributed by atoms with Crippen LogP contribution in [-0.4, -0.2) is 35.4 Å². The third-order valence-electron chi connectivity index (χ3n) is 4.58. The third-order valence-corrected chi connectivity index (χ3v) is 5.61. The normalized spacial score (nSPS) is 17.5. The second-order valence-electron chi connectivity index (χ2n) is 6.62. The summed E-state index contributed by atoms with van der Waals surface area (Å²) < 4.78 is 0. The molecular weight excluding hydrogens is 318 g/mol. The number of likely N-dealkylation sites (N-methyl/N-ethyl adjacent to an activating group) is 1. The van der Waals surface area contributed by atoms with Gasteiger partial charge in [0.25, 0.3) is 0 Å². The van der Waals surface area contributed by atoms with Crippen molar-refractivity contribution in [2.75, 3.05) is 18.5 Å². The van der Waals surface area contributed by atoms with E-state index in [1.54, 1.807) is 11.3 Å². The van der Waals surface area contributed by atoms with Gasteiger partial charge in [-0.25, -0.2) is 4.98 Å². The molecule has 0 bridgehead atoms. The Morgan fingerprint density at radius 1 is 1.38 bits per heavy atom. The number of aryl methyl sites for hydroxylation is 2. The van der Waals surface area contributed by atoms with Crippen LogP contribution in [0.2, 0.25) is 0 Å². The van der Waals surface area contributed by atoms with E-state index in [1.807, 2.05) is 11.8 Å². The molecule has 24 heavy (non-hydrogen) atoms. The number of anilines is 1. The molecule has 1 aromatic carbocycles. The molecule has 0 aliphatic carbocycles. The van der Waals surface area contributed by atoms with Crippen LogP contribution in [0.4, 0.5) is 5.69 Å². The minimum atomic E-state index is 0.219. The fraction of sp³-hybridized carbons (Fsp3) is 0.474. The third kappa shape index (κ3) is 3.78. The highest BCUT2D eigenvalue weighted by atomic mass is 32.1. The summed E-state index contributed by atoms with van der Waals surface area (Å²) in [6.07, 6.45) is 2.35. The number of thiazole rings is 1. The maximum atomic E-state index is 12.8. The lowest BCUT2D eigenvalue weighted by atomic mass is 10.1. The Bertz CT molecular complexity index is 712. The number of amides is 1. The van der Waals surface area contributed by atoms with Crippen molar-refractivity contribution in [1.29, 1.82) is 0 Å². The van der Waals surface area contributed by atoms with E-state index in [0.717, 1.165) is 30.1 Å². The lowest BCUT2D eigenvalue weighted by molar-refractivity contribution is -0.133. The van der Waals surface area contributed by atoms with Crippen LogP contribution >= 0.6 is 11.3 Å². The van der Waals surface area contributed by atoms with Gasteiger partial charge in [0.2, 0.25) is 5.91 Å². The van der Waals surface area contributed by atoms with Crippen LogP contribution in [0.25, 0.3) is 0 Å². The van der Waals surface area contributed by atoms with Crippen molar-refractivity contribution < 1.29 is 4.79 Å². The Kier molecular flexibility index (Phi) is 5.19. The van der Waals surface area contributed by atoms with Crippen molar-refractivity contribution in [3.05, 3.63) is 45.9 Å². The van der Waals surface area contributed by atoms with Crippen LogP contribution in [0.1, 0.15) is 36.0 Å². The van der Waals surface area contributed by atoms with E-state index >= 15 is 0 Å². The summed E-state index contributed by atoms with van der Waals surface area (Å²) in [4.78, 5) is 21.5. The van der Waals surface area contributed by atoms with Crippen molar-refractivity contribution in [2.24, 2.45) is 0 Å². The molecule has 2 heterocycles. The first-order valence-corrected chi connectivity index (χ1v) is 9.42. The van der Waals surface area contributed by atoms with E-state index in [4.69, 9.17) is 0 Å². The molecule has 0 radical (unpaired) electrons. The van der Waals surface area contributed by atoms with Crippen LogP contribution < -0.4 is 4.90 Å². The van der Waals surface area contributed by atoms with Crippen molar-refractivity contribution >= 4 is 22.9 Å². The molecule has 0 saturated heterocycles. The summed E-state index contributed by atoms with van der Waals surface area (Å²) in [6, 6.07) is 8.60. The molecule has 0 N–H and O–H groups in total. The van der Waals surface area contributed by atoms with Gasteiger partial charge < -0.3 is 9.80 Å². The smallest absolute Gasteiger partial charge is 0.223 e. The molecule has 5 heteroatoms. The van der Waals surface area contributed by atoms with Gasteiger partial charge >= 0.3 is 0 Å². The molecule has 128 valence electrons. The Labute approximate surface area is 148 Å². The highest BCUT2D eigenvalue weighted by molar-refractivity contribution is 7.09. The molecule has 1 aromatic heterocycles. The van der Waals surface area contributed by atoms with Gasteiger partial charge in [-0.05, 0) is 38.3 Å². The molecule has 4 nitrogen and oxygen atoms in total. The van der Waals surface area contributed by atoms with E-state index < -0.39 is 0 Å². The van der Waals surface area contributed by atoms with E-state index in [0.29, 0.717) is 13.0 Å². The van der Waals surface area contributed by atoms with Crippen molar-refractivity contribution in [3.63, 3.8) is 0 Å². The topological polar surface area (TPSA) is 36.4 Å². The second-order valence-corrected chi connectivity index (χ2v) is 7.56. The molecular formula is C19H25N3OS. The van der Waals surface area contributed by atoms with Crippen LogP contribution in [0.3, 0.4) is 0 Å². The summed E-state index contributed by atoms with van der Waals surface area (Å²) >= 11 is 1.69.